The lowest BCUT2D eigenvalue weighted by molar-refractivity contribution is 0.351. The second kappa shape index (κ2) is 5.88. The number of thiophene rings is 1. The largest absolute Gasteiger partial charge is 0.397 e. The minimum absolute atomic E-state index is 0.613. The molecule has 1 unspecified atom stereocenters. The molecule has 1 aromatic heterocycles. The monoisotopic (exact) mass is 303 g/mol. The summed E-state index contributed by atoms with van der Waals surface area (Å²) in [7, 11) is 0. The van der Waals surface area contributed by atoms with E-state index in [4.69, 9.17) is 5.73 Å². The predicted molar refractivity (Wildman–Crippen MR) is 89.8 cm³/mol. The highest BCUT2D eigenvalue weighted by atomic mass is 32.1. The highest BCUT2D eigenvalue weighted by molar-refractivity contribution is 7.17. The lowest BCUT2D eigenvalue weighted by atomic mass is 9.89. The van der Waals surface area contributed by atoms with Gasteiger partial charge in [-0.2, -0.15) is 5.26 Å². The summed E-state index contributed by atoms with van der Waals surface area (Å²) in [6.45, 7) is 6.92. The molecular weight excluding hydrogens is 278 g/mol. The molecular formula is C17H25N3S. The van der Waals surface area contributed by atoms with Crippen LogP contribution in [0.4, 0.5) is 10.7 Å². The van der Waals surface area contributed by atoms with Crippen molar-refractivity contribution in [2.24, 2.45) is 11.8 Å². The molecule has 3 rings (SSSR count). The van der Waals surface area contributed by atoms with E-state index in [2.05, 4.69) is 24.8 Å². The molecule has 1 saturated heterocycles. The fraction of sp³-hybridized carbons (Fsp3) is 0.706. The molecule has 0 radical (unpaired) electrons. The highest BCUT2D eigenvalue weighted by Crippen LogP contribution is 2.52. The maximum absolute atomic E-state index is 9.29. The number of nitrogen functional groups attached to an aromatic ring is 1. The molecule has 1 saturated carbocycles. The Morgan fingerprint density at radius 1 is 1.24 bits per heavy atom. The second-order valence-corrected chi connectivity index (χ2v) is 7.87. The predicted octanol–water partition coefficient (Wildman–Crippen LogP) is 4.34. The van der Waals surface area contributed by atoms with Crippen molar-refractivity contribution in [3.8, 4) is 6.07 Å². The molecule has 1 atom stereocenters. The number of anilines is 2. The molecule has 0 spiro atoms. The molecule has 2 fully saturated rings. The van der Waals surface area contributed by atoms with Gasteiger partial charge in [-0.3, -0.25) is 0 Å². The summed E-state index contributed by atoms with van der Waals surface area (Å²) in [5.74, 6) is 2.23. The molecule has 1 aliphatic carbocycles. The van der Waals surface area contributed by atoms with Crippen LogP contribution in [-0.2, 0) is 0 Å². The number of hydrogen-bond donors (Lipinski definition) is 1. The van der Waals surface area contributed by atoms with Gasteiger partial charge in [0.15, 0.2) is 0 Å². The Bertz CT molecular complexity index is 551. The molecule has 0 amide bonds. The minimum atomic E-state index is 0.613. The standard InChI is InChI=1S/C17H25N3S/c1-11(2)12-4-3-8-20(9-7-12)17-15(13-5-6-13)16(19)14(10-18)21-17/h11-13H,3-9,19H2,1-2H3. The Kier molecular flexibility index (Phi) is 4.12. The molecule has 0 bridgehead atoms. The van der Waals surface area contributed by atoms with Crippen LogP contribution in [0.3, 0.4) is 0 Å². The lowest BCUT2D eigenvalue weighted by Crippen LogP contribution is -2.24. The molecule has 4 heteroatoms. The zero-order valence-electron chi connectivity index (χ0n) is 13.1. The van der Waals surface area contributed by atoms with E-state index in [1.54, 1.807) is 11.3 Å². The van der Waals surface area contributed by atoms with Gasteiger partial charge in [0.1, 0.15) is 10.9 Å². The molecule has 1 aliphatic heterocycles. The van der Waals surface area contributed by atoms with Gasteiger partial charge >= 0.3 is 0 Å². The third-order valence-electron chi connectivity index (χ3n) is 5.05. The van der Waals surface area contributed by atoms with Gasteiger partial charge in [0.25, 0.3) is 0 Å². The summed E-state index contributed by atoms with van der Waals surface area (Å²) >= 11 is 1.62. The first kappa shape index (κ1) is 14.7. The zero-order valence-corrected chi connectivity index (χ0v) is 13.9. The summed E-state index contributed by atoms with van der Waals surface area (Å²) in [6.07, 6.45) is 6.33. The Labute approximate surface area is 131 Å². The Hall–Kier alpha value is -1.21. The maximum Gasteiger partial charge on any atom is 0.130 e. The van der Waals surface area contributed by atoms with Gasteiger partial charge in [0, 0.05) is 18.7 Å². The van der Waals surface area contributed by atoms with Crippen molar-refractivity contribution in [3.05, 3.63) is 10.4 Å². The van der Waals surface area contributed by atoms with Gasteiger partial charge in [0.05, 0.1) is 10.7 Å². The Morgan fingerprint density at radius 3 is 2.62 bits per heavy atom. The van der Waals surface area contributed by atoms with Crippen molar-refractivity contribution in [2.75, 3.05) is 23.7 Å². The summed E-state index contributed by atoms with van der Waals surface area (Å²) < 4.78 is 0. The van der Waals surface area contributed by atoms with E-state index in [0.29, 0.717) is 5.92 Å². The van der Waals surface area contributed by atoms with Gasteiger partial charge in [0.2, 0.25) is 0 Å². The summed E-state index contributed by atoms with van der Waals surface area (Å²) in [6, 6.07) is 2.29. The molecule has 3 nitrogen and oxygen atoms in total. The van der Waals surface area contributed by atoms with E-state index in [9.17, 15) is 5.26 Å². The van der Waals surface area contributed by atoms with Crippen molar-refractivity contribution in [2.45, 2.75) is 51.9 Å². The van der Waals surface area contributed by atoms with E-state index in [0.717, 1.165) is 35.5 Å². The fourth-order valence-corrected chi connectivity index (χ4v) is 4.68. The number of hydrogen-bond acceptors (Lipinski definition) is 4. The van der Waals surface area contributed by atoms with E-state index < -0.39 is 0 Å². The van der Waals surface area contributed by atoms with Crippen molar-refractivity contribution >= 4 is 22.0 Å². The van der Waals surface area contributed by atoms with Crippen LogP contribution in [0.1, 0.15) is 62.3 Å². The SMILES string of the molecule is CC(C)C1CCCN(c2sc(C#N)c(N)c2C2CC2)CC1. The normalized spacial score (nSPS) is 23.1. The van der Waals surface area contributed by atoms with Crippen LogP contribution in [0.5, 0.6) is 0 Å². The highest BCUT2D eigenvalue weighted by Gasteiger charge is 2.33. The maximum atomic E-state index is 9.29. The smallest absolute Gasteiger partial charge is 0.130 e. The van der Waals surface area contributed by atoms with Gasteiger partial charge in [-0.1, -0.05) is 13.8 Å². The van der Waals surface area contributed by atoms with Crippen molar-refractivity contribution in [1.29, 1.82) is 5.26 Å². The minimum Gasteiger partial charge on any atom is -0.397 e. The van der Waals surface area contributed by atoms with Gasteiger partial charge < -0.3 is 10.6 Å². The van der Waals surface area contributed by atoms with Crippen LogP contribution in [0, 0.1) is 23.2 Å². The first-order valence-electron chi connectivity index (χ1n) is 8.19. The third-order valence-corrected chi connectivity index (χ3v) is 6.24. The van der Waals surface area contributed by atoms with Gasteiger partial charge in [-0.05, 0) is 49.9 Å². The van der Waals surface area contributed by atoms with Crippen LogP contribution in [0.2, 0.25) is 0 Å². The van der Waals surface area contributed by atoms with Crippen molar-refractivity contribution < 1.29 is 0 Å². The van der Waals surface area contributed by atoms with Crippen LogP contribution in [0.25, 0.3) is 0 Å². The average molecular weight is 303 g/mol. The van der Waals surface area contributed by atoms with Gasteiger partial charge in [-0.15, -0.1) is 11.3 Å². The van der Waals surface area contributed by atoms with Crippen LogP contribution in [-0.4, -0.2) is 13.1 Å². The lowest BCUT2D eigenvalue weighted by Gasteiger charge is -2.23. The topological polar surface area (TPSA) is 53.0 Å². The third kappa shape index (κ3) is 2.89. The van der Waals surface area contributed by atoms with Crippen LogP contribution >= 0.6 is 11.3 Å². The molecule has 114 valence electrons. The second-order valence-electron chi connectivity index (χ2n) is 6.87. The summed E-state index contributed by atoms with van der Waals surface area (Å²) in [5, 5.41) is 10.6. The zero-order chi connectivity index (χ0) is 15.0. The Morgan fingerprint density at radius 2 is 2.00 bits per heavy atom. The average Bonchev–Trinajstić information content (AvgIpc) is 3.26. The van der Waals surface area contributed by atoms with Crippen molar-refractivity contribution in [1.82, 2.24) is 0 Å². The Balaban J connectivity index is 1.85. The van der Waals surface area contributed by atoms with E-state index in [1.165, 1.54) is 42.7 Å². The van der Waals surface area contributed by atoms with Crippen molar-refractivity contribution in [3.63, 3.8) is 0 Å². The van der Waals surface area contributed by atoms with Crippen LogP contribution < -0.4 is 10.6 Å². The quantitative estimate of drug-likeness (QED) is 0.903. The van der Waals surface area contributed by atoms with Gasteiger partial charge in [-0.25, -0.2) is 0 Å². The summed E-state index contributed by atoms with van der Waals surface area (Å²) in [4.78, 5) is 3.23. The molecule has 2 aliphatic rings. The number of nitriles is 1. The number of nitrogens with zero attached hydrogens (tertiary/aromatic N) is 2. The van der Waals surface area contributed by atoms with E-state index >= 15 is 0 Å². The molecule has 0 aromatic carbocycles. The van der Waals surface area contributed by atoms with E-state index in [-0.39, 0.29) is 0 Å². The number of rotatable bonds is 3. The number of nitrogens with two attached hydrogens (primary N) is 1. The summed E-state index contributed by atoms with van der Waals surface area (Å²) in [5.41, 5.74) is 8.30. The van der Waals surface area contributed by atoms with E-state index in [1.807, 2.05) is 0 Å². The molecule has 21 heavy (non-hydrogen) atoms. The molecule has 1 aromatic rings. The van der Waals surface area contributed by atoms with Crippen LogP contribution in [0.15, 0.2) is 0 Å². The first-order valence-corrected chi connectivity index (χ1v) is 9.00. The first-order chi connectivity index (χ1) is 10.1. The molecule has 2 N–H and O–H groups in total. The fourth-order valence-electron chi connectivity index (χ4n) is 3.52. The molecule has 2 heterocycles.